The molecule has 1 aromatic heterocycles. The van der Waals surface area contributed by atoms with Crippen LogP contribution >= 0.6 is 0 Å². The Hall–Kier alpha value is -3.13. The van der Waals surface area contributed by atoms with Crippen LogP contribution in [0.25, 0.3) is 11.1 Å². The number of aliphatic hydroxyl groups excluding tert-OH is 1. The summed E-state index contributed by atoms with van der Waals surface area (Å²) in [5, 5.41) is 11.3. The Morgan fingerprint density at radius 3 is 2.27 bits per heavy atom. The van der Waals surface area contributed by atoms with Crippen LogP contribution in [0.1, 0.15) is 10.4 Å². The first-order chi connectivity index (χ1) is 12.4. The highest BCUT2D eigenvalue weighted by molar-refractivity contribution is 6.10. The van der Waals surface area contributed by atoms with Crippen molar-refractivity contribution < 1.29 is 23.9 Å². The zero-order valence-corrected chi connectivity index (χ0v) is 14.3. The van der Waals surface area contributed by atoms with E-state index in [0.717, 1.165) is 10.5 Å². The third kappa shape index (κ3) is 4.09. The monoisotopic (exact) mass is 359 g/mol. The molecule has 0 aliphatic rings. The van der Waals surface area contributed by atoms with Crippen LogP contribution in [0, 0.1) is 5.95 Å². The second-order valence-corrected chi connectivity index (χ2v) is 5.50. The van der Waals surface area contributed by atoms with Crippen LogP contribution in [-0.4, -0.2) is 59.3 Å². The summed E-state index contributed by atoms with van der Waals surface area (Å²) in [4.78, 5) is 40.8. The molecule has 0 bridgehead atoms. The molecule has 2 N–H and O–H groups in total. The molecular formula is C18H18FN3O4. The van der Waals surface area contributed by atoms with Gasteiger partial charge in [0.1, 0.15) is 6.61 Å². The number of likely N-dealkylation sites (N-methyl/N-ethyl adjacent to an activating group) is 2. The summed E-state index contributed by atoms with van der Waals surface area (Å²) in [6, 6.07) is 7.74. The van der Waals surface area contributed by atoms with Crippen LogP contribution < -0.4 is 5.32 Å². The number of aliphatic hydroxyl groups is 1. The standard InChI is InChI=1S/C18H18FN3O4/c1-20-17(25)16(14(24)10-23)22(2)18(26)12-5-3-11(4-6-12)13-7-8-15(19)21-9-13/h3-9,16,23H,10H2,1-2H3,(H,20,25). The number of ketones is 1. The number of hydrogen-bond donors (Lipinski definition) is 2. The van der Waals surface area contributed by atoms with Crippen molar-refractivity contribution >= 4 is 17.6 Å². The minimum absolute atomic E-state index is 0.256. The molecule has 0 saturated heterocycles. The lowest BCUT2D eigenvalue weighted by molar-refractivity contribution is -0.135. The van der Waals surface area contributed by atoms with E-state index in [-0.39, 0.29) is 5.56 Å². The maximum atomic E-state index is 12.9. The quantitative estimate of drug-likeness (QED) is 0.582. The topological polar surface area (TPSA) is 99.6 Å². The molecule has 7 nitrogen and oxygen atoms in total. The summed E-state index contributed by atoms with van der Waals surface area (Å²) < 4.78 is 12.9. The van der Waals surface area contributed by atoms with Crippen molar-refractivity contribution in [1.29, 1.82) is 0 Å². The molecule has 8 heteroatoms. The van der Waals surface area contributed by atoms with Gasteiger partial charge in [-0.15, -0.1) is 0 Å². The maximum absolute atomic E-state index is 12.9. The molecule has 2 amide bonds. The van der Waals surface area contributed by atoms with Gasteiger partial charge in [0.05, 0.1) is 0 Å². The fourth-order valence-corrected chi connectivity index (χ4v) is 2.43. The fraction of sp³-hybridized carbons (Fsp3) is 0.222. The number of rotatable bonds is 6. The molecule has 1 heterocycles. The van der Waals surface area contributed by atoms with Gasteiger partial charge in [0.25, 0.3) is 5.91 Å². The Labute approximate surface area is 149 Å². The first kappa shape index (κ1) is 19.2. The first-order valence-electron chi connectivity index (χ1n) is 7.73. The van der Waals surface area contributed by atoms with Gasteiger partial charge in [-0.05, 0) is 29.8 Å². The van der Waals surface area contributed by atoms with Gasteiger partial charge in [-0.2, -0.15) is 4.39 Å². The van der Waals surface area contributed by atoms with E-state index in [1.165, 1.54) is 38.5 Å². The number of Topliss-reactive ketones (excluding diaryl/α,β-unsaturated/α-hetero) is 1. The van der Waals surface area contributed by atoms with Crippen LogP contribution in [0.5, 0.6) is 0 Å². The number of pyridine rings is 1. The molecule has 136 valence electrons. The largest absolute Gasteiger partial charge is 0.388 e. The highest BCUT2D eigenvalue weighted by Crippen LogP contribution is 2.20. The average molecular weight is 359 g/mol. The lowest BCUT2D eigenvalue weighted by Gasteiger charge is -2.25. The lowest BCUT2D eigenvalue weighted by atomic mass is 10.0. The van der Waals surface area contributed by atoms with Crippen LogP contribution in [0.3, 0.4) is 0 Å². The highest BCUT2D eigenvalue weighted by atomic mass is 19.1. The van der Waals surface area contributed by atoms with Crippen molar-refractivity contribution in [3.63, 3.8) is 0 Å². The SMILES string of the molecule is CNC(=O)C(C(=O)CO)N(C)C(=O)c1ccc(-c2ccc(F)nc2)cc1. The van der Waals surface area contributed by atoms with E-state index in [0.29, 0.717) is 5.56 Å². The van der Waals surface area contributed by atoms with Crippen LogP contribution in [-0.2, 0) is 9.59 Å². The maximum Gasteiger partial charge on any atom is 0.254 e. The summed E-state index contributed by atoms with van der Waals surface area (Å²) in [5.74, 6) is -2.61. The zero-order chi connectivity index (χ0) is 19.3. The van der Waals surface area contributed by atoms with Gasteiger partial charge < -0.3 is 15.3 Å². The number of amides is 2. The van der Waals surface area contributed by atoms with Gasteiger partial charge in [0.15, 0.2) is 11.8 Å². The second-order valence-electron chi connectivity index (χ2n) is 5.50. The minimum atomic E-state index is -1.42. The molecule has 0 saturated carbocycles. The van der Waals surface area contributed by atoms with Crippen LogP contribution in [0.4, 0.5) is 4.39 Å². The summed E-state index contributed by atoms with van der Waals surface area (Å²) in [6.45, 7) is -0.855. The van der Waals surface area contributed by atoms with E-state index in [1.54, 1.807) is 18.2 Å². The van der Waals surface area contributed by atoms with E-state index in [2.05, 4.69) is 10.3 Å². The molecule has 0 radical (unpaired) electrons. The molecule has 2 aromatic rings. The first-order valence-corrected chi connectivity index (χ1v) is 7.73. The van der Waals surface area contributed by atoms with Gasteiger partial charge in [-0.3, -0.25) is 14.4 Å². The smallest absolute Gasteiger partial charge is 0.254 e. The molecule has 0 aliphatic carbocycles. The van der Waals surface area contributed by atoms with Gasteiger partial charge in [-0.25, -0.2) is 4.98 Å². The van der Waals surface area contributed by atoms with E-state index >= 15 is 0 Å². The summed E-state index contributed by atoms with van der Waals surface area (Å²) in [7, 11) is 2.65. The van der Waals surface area contributed by atoms with Crippen molar-refractivity contribution in [1.82, 2.24) is 15.2 Å². The van der Waals surface area contributed by atoms with Crippen molar-refractivity contribution in [2.24, 2.45) is 0 Å². The number of hydrogen-bond acceptors (Lipinski definition) is 5. The predicted molar refractivity (Wildman–Crippen MR) is 91.7 cm³/mol. The number of carbonyl (C=O) groups is 3. The van der Waals surface area contributed by atoms with E-state index in [9.17, 15) is 18.8 Å². The molecule has 0 fully saturated rings. The molecular weight excluding hydrogens is 341 g/mol. The normalized spacial score (nSPS) is 11.5. The number of halogens is 1. The van der Waals surface area contributed by atoms with Gasteiger partial charge in [0.2, 0.25) is 11.9 Å². The number of benzene rings is 1. The fourth-order valence-electron chi connectivity index (χ4n) is 2.43. The molecule has 2 rings (SSSR count). The molecule has 26 heavy (non-hydrogen) atoms. The van der Waals surface area contributed by atoms with Gasteiger partial charge in [0, 0.05) is 31.4 Å². The van der Waals surface area contributed by atoms with Crippen LogP contribution in [0.2, 0.25) is 0 Å². The molecule has 0 aliphatic heterocycles. The number of aromatic nitrogens is 1. The molecule has 1 atom stereocenters. The van der Waals surface area contributed by atoms with Crippen molar-refractivity contribution in [2.45, 2.75) is 6.04 Å². The Morgan fingerprint density at radius 2 is 1.77 bits per heavy atom. The third-order valence-electron chi connectivity index (χ3n) is 3.86. The predicted octanol–water partition coefficient (Wildman–Crippen LogP) is 0.636. The molecule has 1 aromatic carbocycles. The summed E-state index contributed by atoms with van der Waals surface area (Å²) in [5.41, 5.74) is 1.66. The number of nitrogens with zero attached hydrogens (tertiary/aromatic N) is 2. The second kappa shape index (κ2) is 8.30. The third-order valence-corrected chi connectivity index (χ3v) is 3.86. The van der Waals surface area contributed by atoms with E-state index in [4.69, 9.17) is 5.11 Å². The highest BCUT2D eigenvalue weighted by Gasteiger charge is 2.32. The van der Waals surface area contributed by atoms with Crippen molar-refractivity contribution in [3.8, 4) is 11.1 Å². The Balaban J connectivity index is 2.24. The van der Waals surface area contributed by atoms with Crippen molar-refractivity contribution in [2.75, 3.05) is 20.7 Å². The Kier molecular flexibility index (Phi) is 6.13. The van der Waals surface area contributed by atoms with Crippen LogP contribution in [0.15, 0.2) is 42.6 Å². The number of carbonyl (C=O) groups excluding carboxylic acids is 3. The average Bonchev–Trinajstić information content (AvgIpc) is 2.67. The minimum Gasteiger partial charge on any atom is -0.388 e. The zero-order valence-electron chi connectivity index (χ0n) is 14.3. The summed E-state index contributed by atoms with van der Waals surface area (Å²) in [6.07, 6.45) is 1.37. The molecule has 1 unspecified atom stereocenters. The molecule has 0 spiro atoms. The van der Waals surface area contributed by atoms with E-state index in [1.807, 2.05) is 0 Å². The van der Waals surface area contributed by atoms with Gasteiger partial charge >= 0.3 is 0 Å². The van der Waals surface area contributed by atoms with E-state index < -0.39 is 36.2 Å². The Morgan fingerprint density at radius 1 is 1.15 bits per heavy atom. The lowest BCUT2D eigenvalue weighted by Crippen LogP contribution is -2.52. The number of nitrogens with one attached hydrogen (secondary N) is 1. The summed E-state index contributed by atoms with van der Waals surface area (Å²) >= 11 is 0. The van der Waals surface area contributed by atoms with Gasteiger partial charge in [-0.1, -0.05) is 12.1 Å². The van der Waals surface area contributed by atoms with Crippen molar-refractivity contribution in [3.05, 3.63) is 54.1 Å². The Bertz CT molecular complexity index is 790.